The number of nitrogen functional groups attached to an aromatic ring is 1. The fourth-order valence-corrected chi connectivity index (χ4v) is 5.66. The summed E-state index contributed by atoms with van der Waals surface area (Å²) in [7, 11) is 0.894. The number of anilines is 2. The van der Waals surface area contributed by atoms with Gasteiger partial charge in [0, 0.05) is 29.8 Å². The molecule has 3 rings (SSSR count). The molecule has 0 aromatic carbocycles. The molecular formula is C21H31BrClN5O2Si. The van der Waals surface area contributed by atoms with Gasteiger partial charge in [0.15, 0.2) is 9.76 Å². The van der Waals surface area contributed by atoms with Crippen molar-refractivity contribution < 1.29 is 9.16 Å². The summed E-state index contributed by atoms with van der Waals surface area (Å²) in [6.07, 6.45) is 1.76. The van der Waals surface area contributed by atoms with E-state index < -0.39 is 15.4 Å². The fraction of sp³-hybridized carbons (Fsp3) is 0.571. The molecule has 0 aliphatic carbocycles. The number of halogens is 2. The van der Waals surface area contributed by atoms with Crippen molar-refractivity contribution in [3.8, 4) is 5.75 Å². The van der Waals surface area contributed by atoms with Crippen molar-refractivity contribution in [1.82, 2.24) is 15.0 Å². The molecule has 0 fully saturated rings. The molecule has 0 spiro atoms. The Morgan fingerprint density at radius 3 is 2.58 bits per heavy atom. The molecular weight excluding hydrogens is 498 g/mol. The van der Waals surface area contributed by atoms with Gasteiger partial charge in [-0.05, 0) is 41.7 Å². The van der Waals surface area contributed by atoms with E-state index in [1.54, 1.807) is 13.3 Å². The number of nitrogens with zero attached hydrogens (tertiary/aromatic N) is 4. The van der Waals surface area contributed by atoms with Crippen LogP contribution in [0.5, 0.6) is 5.75 Å². The van der Waals surface area contributed by atoms with Crippen LogP contribution in [0.3, 0.4) is 0 Å². The van der Waals surface area contributed by atoms with Crippen LogP contribution in [0.4, 0.5) is 11.8 Å². The molecule has 2 aromatic heterocycles. The van der Waals surface area contributed by atoms with Gasteiger partial charge in [-0.2, -0.15) is 4.98 Å². The number of hydrogen-bond acceptors (Lipinski definition) is 7. The molecule has 31 heavy (non-hydrogen) atoms. The summed E-state index contributed by atoms with van der Waals surface area (Å²) in [6.45, 7) is 14.2. The van der Waals surface area contributed by atoms with Crippen LogP contribution in [-0.2, 0) is 11.0 Å². The Balaban J connectivity index is 1.98. The average Bonchev–Trinajstić information content (AvgIpc) is 3.02. The summed E-state index contributed by atoms with van der Waals surface area (Å²) >= 11 is 10.1. The van der Waals surface area contributed by atoms with E-state index in [4.69, 9.17) is 26.5 Å². The van der Waals surface area contributed by atoms with E-state index in [0.717, 1.165) is 32.9 Å². The number of rotatable bonds is 6. The molecule has 2 aromatic rings. The van der Waals surface area contributed by atoms with Crippen molar-refractivity contribution in [2.24, 2.45) is 0 Å². The highest BCUT2D eigenvalue weighted by atomic mass is 79.9. The number of nitrogens with two attached hydrogens (primary N) is 1. The summed E-state index contributed by atoms with van der Waals surface area (Å²) in [4.78, 5) is 15.6. The third-order valence-electron chi connectivity index (χ3n) is 5.53. The normalized spacial score (nSPS) is 16.9. The molecule has 10 heteroatoms. The lowest BCUT2D eigenvalue weighted by molar-refractivity contribution is 0.0828. The van der Waals surface area contributed by atoms with Crippen molar-refractivity contribution >= 4 is 49.1 Å². The van der Waals surface area contributed by atoms with Gasteiger partial charge in [-0.25, -0.2) is 4.98 Å². The number of aromatic nitrogens is 3. The van der Waals surface area contributed by atoms with Gasteiger partial charge in [-0.3, -0.25) is 4.98 Å². The van der Waals surface area contributed by atoms with Gasteiger partial charge in [0.2, 0.25) is 5.95 Å². The van der Waals surface area contributed by atoms with Crippen LogP contribution >= 0.6 is 27.5 Å². The van der Waals surface area contributed by atoms with E-state index in [1.807, 2.05) is 6.92 Å². The summed E-state index contributed by atoms with van der Waals surface area (Å²) in [6, 6.07) is 0. The Bertz CT molecular complexity index is 983. The van der Waals surface area contributed by atoms with E-state index in [0.29, 0.717) is 18.2 Å². The van der Waals surface area contributed by atoms with Crippen molar-refractivity contribution in [3.05, 3.63) is 32.6 Å². The van der Waals surface area contributed by atoms with Gasteiger partial charge >= 0.3 is 0 Å². The molecule has 3 heterocycles. The molecule has 0 saturated heterocycles. The zero-order chi connectivity index (χ0) is 23.1. The van der Waals surface area contributed by atoms with Crippen LogP contribution in [0.25, 0.3) is 0 Å². The van der Waals surface area contributed by atoms with E-state index in [-0.39, 0.29) is 16.9 Å². The number of methoxy groups -OCH3 is 1. The lowest BCUT2D eigenvalue weighted by Gasteiger charge is -2.35. The third-order valence-corrected chi connectivity index (χ3v) is 8.14. The first-order valence-corrected chi connectivity index (χ1v) is 12.7. The zero-order valence-electron chi connectivity index (χ0n) is 19.2. The summed E-state index contributed by atoms with van der Waals surface area (Å²) in [5, 5.41) is 0.580. The van der Waals surface area contributed by atoms with Crippen LogP contribution < -0.4 is 15.4 Å². The third kappa shape index (κ3) is 5.15. The average molecular weight is 529 g/mol. The van der Waals surface area contributed by atoms with E-state index in [2.05, 4.69) is 70.4 Å². The molecule has 170 valence electrons. The standard InChI is InChI=1S/C21H31BrClN5O2Si/c1-11-14(25-8-13(22)16(11)29-7)10-28-9-12(21(5,6)30-31-20(2,3)4)15-17(23)26-19(24)27-18(15)28/h8,12H,9-10,31H2,1-7H3,(H2,24,26,27). The largest absolute Gasteiger partial charge is 0.495 e. The molecule has 0 saturated carbocycles. The fourth-order valence-electron chi connectivity index (χ4n) is 3.79. The molecule has 7 nitrogen and oxygen atoms in total. The Morgan fingerprint density at radius 1 is 1.29 bits per heavy atom. The summed E-state index contributed by atoms with van der Waals surface area (Å²) in [5.41, 5.74) is 8.32. The minimum absolute atomic E-state index is 0.0168. The monoisotopic (exact) mass is 527 g/mol. The first-order valence-electron chi connectivity index (χ1n) is 10.2. The van der Waals surface area contributed by atoms with E-state index >= 15 is 0 Å². The van der Waals surface area contributed by atoms with Gasteiger partial charge in [0.05, 0.1) is 29.4 Å². The highest BCUT2D eigenvalue weighted by molar-refractivity contribution is 9.10. The van der Waals surface area contributed by atoms with E-state index in [9.17, 15) is 0 Å². The van der Waals surface area contributed by atoms with Gasteiger partial charge in [-0.15, -0.1) is 0 Å². The minimum Gasteiger partial charge on any atom is -0.495 e. The van der Waals surface area contributed by atoms with Crippen molar-refractivity contribution in [2.45, 2.75) is 64.6 Å². The Kier molecular flexibility index (Phi) is 6.91. The van der Waals surface area contributed by atoms with Crippen LogP contribution in [0.1, 0.15) is 57.4 Å². The molecule has 1 aliphatic rings. The maximum absolute atomic E-state index is 6.59. The lowest BCUT2D eigenvalue weighted by Crippen LogP contribution is -2.38. The van der Waals surface area contributed by atoms with E-state index in [1.165, 1.54) is 0 Å². The molecule has 0 radical (unpaired) electrons. The molecule has 0 amide bonds. The quantitative estimate of drug-likeness (QED) is 0.439. The van der Waals surface area contributed by atoms with Gasteiger partial charge in [0.1, 0.15) is 16.7 Å². The SMILES string of the molecule is COc1c(Br)cnc(CN2CC(C(C)(C)O[SiH2]C(C)(C)C)c3c(Cl)nc(N)nc32)c1C. The van der Waals surface area contributed by atoms with Crippen molar-refractivity contribution in [3.63, 3.8) is 0 Å². The maximum atomic E-state index is 6.59. The Hall–Kier alpha value is -1.42. The molecule has 1 unspecified atom stereocenters. The minimum atomic E-state index is -0.763. The van der Waals surface area contributed by atoms with Crippen molar-refractivity contribution in [2.75, 3.05) is 24.3 Å². The predicted octanol–water partition coefficient (Wildman–Crippen LogP) is 4.39. The van der Waals surface area contributed by atoms with Crippen LogP contribution in [0, 0.1) is 6.92 Å². The summed E-state index contributed by atoms with van der Waals surface area (Å²) < 4.78 is 12.9. The number of fused-ring (bicyclic) bond motifs is 1. The summed E-state index contributed by atoms with van der Waals surface area (Å²) in [5.74, 6) is 1.71. The molecule has 2 N–H and O–H groups in total. The molecule has 1 aliphatic heterocycles. The Labute approximate surface area is 200 Å². The molecule has 1 atom stereocenters. The number of ether oxygens (including phenoxy) is 1. The van der Waals surface area contributed by atoms with Gasteiger partial charge in [-0.1, -0.05) is 32.4 Å². The highest BCUT2D eigenvalue weighted by Crippen LogP contribution is 2.46. The maximum Gasteiger partial charge on any atom is 0.223 e. The highest BCUT2D eigenvalue weighted by Gasteiger charge is 2.43. The van der Waals surface area contributed by atoms with Crippen LogP contribution in [0.15, 0.2) is 10.7 Å². The first kappa shape index (κ1) is 24.2. The second-order valence-electron chi connectivity index (χ2n) is 9.71. The van der Waals surface area contributed by atoms with Crippen LogP contribution in [0.2, 0.25) is 10.2 Å². The zero-order valence-corrected chi connectivity index (χ0v) is 23.0. The number of hydrogen-bond donors (Lipinski definition) is 1. The second-order valence-corrected chi connectivity index (χ2v) is 13.6. The first-order chi connectivity index (χ1) is 14.3. The van der Waals surface area contributed by atoms with Gasteiger partial charge < -0.3 is 19.8 Å². The van der Waals surface area contributed by atoms with Gasteiger partial charge in [0.25, 0.3) is 0 Å². The topological polar surface area (TPSA) is 86.4 Å². The second kappa shape index (κ2) is 8.84. The lowest BCUT2D eigenvalue weighted by atomic mass is 9.87. The Morgan fingerprint density at radius 2 is 1.97 bits per heavy atom. The molecule has 0 bridgehead atoms. The predicted molar refractivity (Wildman–Crippen MR) is 132 cm³/mol. The van der Waals surface area contributed by atoms with Crippen molar-refractivity contribution in [1.29, 1.82) is 0 Å². The smallest absolute Gasteiger partial charge is 0.223 e. The number of pyridine rings is 1. The van der Waals surface area contributed by atoms with Crippen LogP contribution in [-0.4, -0.2) is 44.0 Å².